The summed E-state index contributed by atoms with van der Waals surface area (Å²) in [5.74, 6) is 0.859. The van der Waals surface area contributed by atoms with Crippen molar-refractivity contribution in [3.63, 3.8) is 0 Å². The summed E-state index contributed by atoms with van der Waals surface area (Å²) in [6, 6.07) is 0. The molecule has 6 heteroatoms. The van der Waals surface area contributed by atoms with Crippen LogP contribution in [0.4, 0.5) is 5.69 Å². The highest BCUT2D eigenvalue weighted by Crippen LogP contribution is 2.37. The van der Waals surface area contributed by atoms with E-state index in [-0.39, 0.29) is 0 Å². The number of hydrogen-bond donors (Lipinski definition) is 0. The molecule has 0 aliphatic rings. The molecule has 0 atom stereocenters. The largest absolute Gasteiger partial charge is 0.648 e. The summed E-state index contributed by atoms with van der Waals surface area (Å²) in [5, 5.41) is 4.49. The quantitative estimate of drug-likeness (QED) is 0.636. The van der Waals surface area contributed by atoms with Gasteiger partial charge in [-0.25, -0.2) is 9.53 Å². The summed E-state index contributed by atoms with van der Waals surface area (Å²) in [6.07, 6.45) is 2.54. The molecule has 2 aromatic rings. The lowest BCUT2D eigenvalue weighted by Crippen LogP contribution is -1.99. The lowest BCUT2D eigenvalue weighted by molar-refractivity contribution is 0.604. The Morgan fingerprint density at radius 1 is 1.50 bits per heavy atom. The lowest BCUT2D eigenvalue weighted by Gasteiger charge is -2.07. The van der Waals surface area contributed by atoms with Gasteiger partial charge >= 0.3 is 16.6 Å². The number of thiophene rings is 1. The summed E-state index contributed by atoms with van der Waals surface area (Å²) < 4.78 is 7.24. The zero-order chi connectivity index (χ0) is 13.3. The van der Waals surface area contributed by atoms with Crippen LogP contribution in [0.5, 0.6) is 5.75 Å². The number of hydrogen-bond acceptors (Lipinski definition) is 3. The van der Waals surface area contributed by atoms with Crippen LogP contribution in [0.2, 0.25) is 0 Å². The van der Waals surface area contributed by atoms with Crippen molar-refractivity contribution in [3.8, 4) is 11.4 Å². The van der Waals surface area contributed by atoms with E-state index in [0.717, 1.165) is 33.3 Å². The van der Waals surface area contributed by atoms with Gasteiger partial charge in [0.25, 0.3) is 0 Å². The first-order chi connectivity index (χ1) is 8.62. The van der Waals surface area contributed by atoms with Crippen LogP contribution in [0.1, 0.15) is 22.4 Å². The minimum Gasteiger partial charge on any atom is -0.648 e. The Hall–Kier alpha value is -1.27. The van der Waals surface area contributed by atoms with Gasteiger partial charge in [-0.05, 0) is 20.3 Å². The van der Waals surface area contributed by atoms with Gasteiger partial charge in [0.2, 0.25) is 5.69 Å². The van der Waals surface area contributed by atoms with Crippen molar-refractivity contribution in [1.82, 2.24) is 9.78 Å². The molecule has 0 saturated heterocycles. The van der Waals surface area contributed by atoms with Gasteiger partial charge in [0.1, 0.15) is 11.4 Å². The fourth-order valence-electron chi connectivity index (χ4n) is 1.95. The first-order valence-electron chi connectivity index (χ1n) is 5.60. The van der Waals surface area contributed by atoms with E-state index in [1.807, 2.05) is 20.8 Å². The maximum Gasteiger partial charge on any atom is 0.494 e. The Balaban J connectivity index is 2.62. The van der Waals surface area contributed by atoms with Crippen LogP contribution in [0.25, 0.3) is 10.5 Å². The average molecular weight is 274 g/mol. The number of rotatable bonds is 3. The first-order valence-corrected chi connectivity index (χ1v) is 7.00. The van der Waals surface area contributed by atoms with Gasteiger partial charge < -0.3 is 3.79 Å². The molecule has 0 bridgehead atoms. The zero-order valence-electron chi connectivity index (χ0n) is 10.6. The third-order valence-electron chi connectivity index (χ3n) is 2.77. The van der Waals surface area contributed by atoms with E-state index in [0.29, 0.717) is 5.69 Å². The Kier molecular flexibility index (Phi) is 3.77. The molecule has 91 valence electrons. The maximum absolute atomic E-state index is 7.17. The van der Waals surface area contributed by atoms with Crippen LogP contribution in [-0.2, 0) is 6.42 Å². The second-order valence-electron chi connectivity index (χ2n) is 3.91. The molecule has 0 spiro atoms. The average Bonchev–Trinajstić information content (AvgIpc) is 2.88. The summed E-state index contributed by atoms with van der Waals surface area (Å²) in [6.45, 7) is 13.2. The molecule has 1 radical (unpaired) electrons. The smallest absolute Gasteiger partial charge is 0.494 e. The van der Waals surface area contributed by atoms with Crippen LogP contribution >= 0.6 is 11.3 Å². The summed E-state index contributed by atoms with van der Waals surface area (Å²) in [5.41, 5.74) is 2.40. The predicted octanol–water partition coefficient (Wildman–Crippen LogP) is 2.86. The molecule has 2 rings (SSSR count). The first kappa shape index (κ1) is 13.2. The molecule has 0 unspecified atom stereocenters. The highest BCUT2D eigenvalue weighted by molar-refractivity contribution is 7.12. The third-order valence-corrected chi connectivity index (χ3v) is 4.05. The second kappa shape index (κ2) is 5.16. The van der Waals surface area contributed by atoms with Gasteiger partial charge in [-0.15, -0.1) is 11.3 Å². The summed E-state index contributed by atoms with van der Waals surface area (Å²) in [4.78, 5) is 5.79. The molecule has 0 aliphatic carbocycles. The van der Waals surface area contributed by atoms with Crippen molar-refractivity contribution < 1.29 is 3.79 Å². The van der Waals surface area contributed by atoms with Crippen LogP contribution in [0, 0.1) is 20.4 Å². The fraction of sp³-hybridized carbons (Fsp3) is 0.333. The van der Waals surface area contributed by atoms with Crippen LogP contribution in [-0.4, -0.2) is 26.4 Å². The van der Waals surface area contributed by atoms with Gasteiger partial charge in [-0.3, -0.25) is 0 Å². The minimum atomic E-state index is 0.616. The van der Waals surface area contributed by atoms with E-state index in [1.165, 1.54) is 16.6 Å². The van der Waals surface area contributed by atoms with Gasteiger partial charge in [0.15, 0.2) is 0 Å². The molecule has 0 saturated carbocycles. The van der Waals surface area contributed by atoms with E-state index in [4.69, 9.17) is 10.4 Å². The third kappa shape index (κ3) is 2.06. The second-order valence-corrected chi connectivity index (χ2v) is 5.63. The Bertz CT molecular complexity index is 624. The topological polar surface area (TPSA) is 31.4 Å². The van der Waals surface area contributed by atoms with Crippen molar-refractivity contribution in [2.75, 3.05) is 0 Å². The van der Waals surface area contributed by atoms with Crippen molar-refractivity contribution in [3.05, 3.63) is 33.1 Å². The lowest BCUT2D eigenvalue weighted by atomic mass is 10.3. The van der Waals surface area contributed by atoms with E-state index in [9.17, 15) is 0 Å². The van der Waals surface area contributed by atoms with E-state index >= 15 is 0 Å². The molecule has 0 aromatic carbocycles. The van der Waals surface area contributed by atoms with Gasteiger partial charge in [-0.2, -0.15) is 5.10 Å². The molecule has 0 N–H and O–H groups in total. The highest BCUT2D eigenvalue weighted by Gasteiger charge is 2.17. The molecule has 0 fully saturated rings. The van der Waals surface area contributed by atoms with Crippen molar-refractivity contribution >= 4 is 33.6 Å². The highest BCUT2D eigenvalue weighted by atomic mass is 32.1. The molecular formula is C12H13AlN3OS. The van der Waals surface area contributed by atoms with Crippen molar-refractivity contribution in [2.45, 2.75) is 27.2 Å². The van der Waals surface area contributed by atoms with Gasteiger partial charge in [-0.1, -0.05) is 6.92 Å². The van der Waals surface area contributed by atoms with Crippen LogP contribution in [0.15, 0.2) is 6.20 Å². The molecule has 0 aliphatic heterocycles. The van der Waals surface area contributed by atoms with Crippen LogP contribution in [0.3, 0.4) is 0 Å². The van der Waals surface area contributed by atoms with Gasteiger partial charge in [0.05, 0.1) is 12.3 Å². The molecular weight excluding hydrogens is 261 g/mol. The SMILES string of the molecule is [C-]#[N+]c1cn(-c2c(C)sc(C)c2[O][AlH])nc1CC. The standard InChI is InChI=1S/C12H13N3OS.Al.H/c1-5-9-10(13-4)6-15(14-9)11-7(2)17-8(3)12(11)16;;/h6,16H,5H2,1-3H3;;/q;+1;/p-1. The van der Waals surface area contributed by atoms with E-state index in [2.05, 4.69) is 9.94 Å². The van der Waals surface area contributed by atoms with Crippen molar-refractivity contribution in [2.24, 2.45) is 0 Å². The molecule has 2 aromatic heterocycles. The Morgan fingerprint density at radius 3 is 2.72 bits per heavy atom. The number of nitrogens with zero attached hydrogens (tertiary/aromatic N) is 3. The zero-order valence-corrected chi connectivity index (χ0v) is 12.9. The van der Waals surface area contributed by atoms with E-state index < -0.39 is 0 Å². The molecule has 4 nitrogen and oxygen atoms in total. The molecule has 2 heterocycles. The normalized spacial score (nSPS) is 10.3. The predicted molar refractivity (Wildman–Crippen MR) is 74.3 cm³/mol. The molecule has 18 heavy (non-hydrogen) atoms. The Morgan fingerprint density at radius 2 is 2.22 bits per heavy atom. The monoisotopic (exact) mass is 274 g/mol. The molecule has 0 amide bonds. The number of aromatic nitrogens is 2. The number of aryl methyl sites for hydroxylation is 3. The van der Waals surface area contributed by atoms with Crippen molar-refractivity contribution in [1.29, 1.82) is 0 Å². The van der Waals surface area contributed by atoms with Crippen LogP contribution < -0.4 is 3.79 Å². The Labute approximate surface area is 119 Å². The summed E-state index contributed by atoms with van der Waals surface area (Å²) in [7, 11) is 0. The van der Waals surface area contributed by atoms with E-state index in [1.54, 1.807) is 22.2 Å². The fourth-order valence-corrected chi connectivity index (χ4v) is 3.39. The van der Waals surface area contributed by atoms with Gasteiger partial charge in [0, 0.05) is 16.0 Å². The summed E-state index contributed by atoms with van der Waals surface area (Å²) >= 11 is 3.15. The minimum absolute atomic E-state index is 0.616. The maximum atomic E-state index is 7.17.